The molecule has 0 radical (unpaired) electrons. The topological polar surface area (TPSA) is 24.1 Å². The molecule has 0 aliphatic carbocycles. The van der Waals surface area contributed by atoms with Crippen molar-refractivity contribution in [3.8, 4) is 0 Å². The molecule has 0 aromatic rings. The van der Waals surface area contributed by atoms with Crippen LogP contribution < -0.4 is 10.6 Å². The minimum absolute atomic E-state index is 0.425. The van der Waals surface area contributed by atoms with Crippen molar-refractivity contribution < 1.29 is 0 Å². The average Bonchev–Trinajstić information content (AvgIpc) is 2.39. The van der Waals surface area contributed by atoms with Crippen molar-refractivity contribution in [1.82, 2.24) is 10.6 Å². The summed E-state index contributed by atoms with van der Waals surface area (Å²) >= 11 is 0. The van der Waals surface area contributed by atoms with E-state index in [1.807, 2.05) is 0 Å². The van der Waals surface area contributed by atoms with Gasteiger partial charge in [-0.2, -0.15) is 0 Å². The Hall–Kier alpha value is -0.340. The van der Waals surface area contributed by atoms with E-state index in [1.54, 1.807) is 0 Å². The van der Waals surface area contributed by atoms with Crippen LogP contribution in [0.2, 0.25) is 0 Å². The molecule has 2 aliphatic rings. The van der Waals surface area contributed by atoms with Crippen molar-refractivity contribution in [2.75, 3.05) is 19.6 Å². The van der Waals surface area contributed by atoms with Crippen LogP contribution in [0.1, 0.15) is 12.8 Å². The Bertz CT molecular complexity index is 145. The van der Waals surface area contributed by atoms with Crippen LogP contribution in [-0.4, -0.2) is 25.2 Å². The molecule has 0 saturated carbocycles. The Kier molecular flexibility index (Phi) is 1.51. The summed E-state index contributed by atoms with van der Waals surface area (Å²) in [6.07, 6.45) is 7.00. The normalized spacial score (nSPS) is 39.2. The van der Waals surface area contributed by atoms with Crippen LogP contribution >= 0.6 is 0 Å². The molecule has 56 valence electrons. The maximum atomic E-state index is 3.55. The Balaban J connectivity index is 2.06. The van der Waals surface area contributed by atoms with E-state index < -0.39 is 0 Å². The van der Waals surface area contributed by atoms with E-state index in [0.717, 1.165) is 13.1 Å². The molecule has 1 spiro atoms. The van der Waals surface area contributed by atoms with Gasteiger partial charge in [0.1, 0.15) is 0 Å². The molecule has 0 amide bonds. The van der Waals surface area contributed by atoms with Gasteiger partial charge in [0.2, 0.25) is 0 Å². The standard InChI is InChI=1S/C8H14N2/c1-2-5-10-8(3-1)4-6-9-7-8/h1-2,9-10H,3-7H2. The Morgan fingerprint density at radius 2 is 2.30 bits per heavy atom. The van der Waals surface area contributed by atoms with Crippen LogP contribution in [0.3, 0.4) is 0 Å². The van der Waals surface area contributed by atoms with E-state index in [9.17, 15) is 0 Å². The zero-order valence-electron chi connectivity index (χ0n) is 6.19. The molecule has 1 atom stereocenters. The highest BCUT2D eigenvalue weighted by Gasteiger charge is 2.32. The van der Waals surface area contributed by atoms with E-state index in [1.165, 1.54) is 19.4 Å². The molecule has 2 heteroatoms. The van der Waals surface area contributed by atoms with Gasteiger partial charge >= 0.3 is 0 Å². The third kappa shape index (κ3) is 0.976. The van der Waals surface area contributed by atoms with Crippen LogP contribution in [0.4, 0.5) is 0 Å². The third-order valence-electron chi connectivity index (χ3n) is 2.51. The highest BCUT2D eigenvalue weighted by molar-refractivity contribution is 5.07. The van der Waals surface area contributed by atoms with E-state index >= 15 is 0 Å². The van der Waals surface area contributed by atoms with Gasteiger partial charge < -0.3 is 10.6 Å². The average molecular weight is 138 g/mol. The highest BCUT2D eigenvalue weighted by atomic mass is 15.1. The van der Waals surface area contributed by atoms with E-state index in [4.69, 9.17) is 0 Å². The summed E-state index contributed by atoms with van der Waals surface area (Å²) in [6, 6.07) is 0. The molecule has 1 saturated heterocycles. The summed E-state index contributed by atoms with van der Waals surface area (Å²) in [5, 5.41) is 6.93. The highest BCUT2D eigenvalue weighted by Crippen LogP contribution is 2.21. The third-order valence-corrected chi connectivity index (χ3v) is 2.51. The molecule has 1 unspecified atom stereocenters. The molecule has 2 nitrogen and oxygen atoms in total. The Morgan fingerprint density at radius 1 is 1.30 bits per heavy atom. The first-order chi connectivity index (χ1) is 4.91. The maximum absolute atomic E-state index is 3.55. The second-order valence-electron chi connectivity index (χ2n) is 3.26. The molecule has 1 fully saturated rings. The molecule has 2 aliphatic heterocycles. The quantitative estimate of drug-likeness (QED) is 0.469. The summed E-state index contributed by atoms with van der Waals surface area (Å²) in [6.45, 7) is 3.39. The lowest BCUT2D eigenvalue weighted by molar-refractivity contribution is 0.361. The lowest BCUT2D eigenvalue weighted by Crippen LogP contribution is -2.48. The van der Waals surface area contributed by atoms with Gasteiger partial charge in [0.05, 0.1) is 0 Å². The van der Waals surface area contributed by atoms with Crippen molar-refractivity contribution in [3.63, 3.8) is 0 Å². The Morgan fingerprint density at radius 3 is 2.90 bits per heavy atom. The molecule has 10 heavy (non-hydrogen) atoms. The van der Waals surface area contributed by atoms with Crippen molar-refractivity contribution >= 4 is 0 Å². The van der Waals surface area contributed by atoms with Crippen molar-refractivity contribution in [1.29, 1.82) is 0 Å². The summed E-state index contributed by atoms with van der Waals surface area (Å²) in [7, 11) is 0. The molecule has 0 aromatic carbocycles. The monoisotopic (exact) mass is 138 g/mol. The molecule has 0 aromatic heterocycles. The van der Waals surface area contributed by atoms with E-state index in [-0.39, 0.29) is 0 Å². The van der Waals surface area contributed by atoms with Crippen molar-refractivity contribution in [2.45, 2.75) is 18.4 Å². The van der Waals surface area contributed by atoms with Crippen LogP contribution in [0.15, 0.2) is 12.2 Å². The summed E-state index contributed by atoms with van der Waals surface area (Å²) in [4.78, 5) is 0. The van der Waals surface area contributed by atoms with Crippen LogP contribution in [0, 0.1) is 0 Å². The van der Waals surface area contributed by atoms with Gasteiger partial charge in [0.25, 0.3) is 0 Å². The molecule has 2 rings (SSSR count). The zero-order valence-corrected chi connectivity index (χ0v) is 6.19. The molecule has 0 bridgehead atoms. The predicted molar refractivity (Wildman–Crippen MR) is 42.0 cm³/mol. The van der Waals surface area contributed by atoms with Crippen LogP contribution in [0.5, 0.6) is 0 Å². The number of nitrogens with one attached hydrogen (secondary N) is 2. The minimum atomic E-state index is 0.425. The maximum Gasteiger partial charge on any atom is 0.0355 e. The van der Waals surface area contributed by atoms with E-state index in [2.05, 4.69) is 22.8 Å². The smallest absolute Gasteiger partial charge is 0.0355 e. The lowest BCUT2D eigenvalue weighted by atomic mass is 9.92. The van der Waals surface area contributed by atoms with Gasteiger partial charge in [-0.25, -0.2) is 0 Å². The largest absolute Gasteiger partial charge is 0.315 e. The first-order valence-electron chi connectivity index (χ1n) is 4.02. The van der Waals surface area contributed by atoms with Crippen molar-refractivity contribution in [2.24, 2.45) is 0 Å². The van der Waals surface area contributed by atoms with Crippen LogP contribution in [0.25, 0.3) is 0 Å². The molecular formula is C8H14N2. The van der Waals surface area contributed by atoms with E-state index in [0.29, 0.717) is 5.54 Å². The SMILES string of the molecule is C1=CCC2(CCNC2)NC1. The molecule has 2 heterocycles. The van der Waals surface area contributed by atoms with Gasteiger partial charge in [0, 0.05) is 18.6 Å². The second-order valence-corrected chi connectivity index (χ2v) is 3.26. The van der Waals surface area contributed by atoms with Gasteiger partial charge in [-0.05, 0) is 19.4 Å². The summed E-state index contributed by atoms with van der Waals surface area (Å²) < 4.78 is 0. The van der Waals surface area contributed by atoms with Crippen LogP contribution in [-0.2, 0) is 0 Å². The zero-order chi connectivity index (χ0) is 6.86. The number of hydrogen-bond acceptors (Lipinski definition) is 2. The Labute approximate surface area is 61.7 Å². The molecule has 2 N–H and O–H groups in total. The van der Waals surface area contributed by atoms with Crippen molar-refractivity contribution in [3.05, 3.63) is 12.2 Å². The minimum Gasteiger partial charge on any atom is -0.315 e. The van der Waals surface area contributed by atoms with Gasteiger partial charge in [-0.1, -0.05) is 12.2 Å². The predicted octanol–water partition coefficient (Wildman–Crippen LogP) is 0.268. The second kappa shape index (κ2) is 2.36. The summed E-state index contributed by atoms with van der Waals surface area (Å²) in [5.41, 5.74) is 0.425. The number of hydrogen-bond donors (Lipinski definition) is 2. The summed E-state index contributed by atoms with van der Waals surface area (Å²) in [5.74, 6) is 0. The fourth-order valence-corrected chi connectivity index (χ4v) is 1.81. The van der Waals surface area contributed by atoms with Gasteiger partial charge in [-0.3, -0.25) is 0 Å². The molecular weight excluding hydrogens is 124 g/mol. The first-order valence-corrected chi connectivity index (χ1v) is 4.02. The first kappa shape index (κ1) is 6.38. The fraction of sp³-hybridized carbons (Fsp3) is 0.750. The lowest BCUT2D eigenvalue weighted by Gasteiger charge is -2.30. The number of rotatable bonds is 0. The van der Waals surface area contributed by atoms with Gasteiger partial charge in [-0.15, -0.1) is 0 Å². The van der Waals surface area contributed by atoms with Gasteiger partial charge in [0.15, 0.2) is 0 Å². The fourth-order valence-electron chi connectivity index (χ4n) is 1.81.